The molecule has 1 aliphatic heterocycles. The fourth-order valence-corrected chi connectivity index (χ4v) is 4.55. The lowest BCUT2D eigenvalue weighted by Gasteiger charge is -2.29. The summed E-state index contributed by atoms with van der Waals surface area (Å²) >= 11 is 1.55. The minimum absolute atomic E-state index is 0.114. The third-order valence-corrected chi connectivity index (χ3v) is 6.39. The Labute approximate surface area is 181 Å². The van der Waals surface area contributed by atoms with Gasteiger partial charge >= 0.3 is 0 Å². The predicted molar refractivity (Wildman–Crippen MR) is 121 cm³/mol. The van der Waals surface area contributed by atoms with Crippen molar-refractivity contribution in [2.75, 3.05) is 38.7 Å². The van der Waals surface area contributed by atoms with Crippen molar-refractivity contribution in [3.8, 4) is 11.5 Å². The standard InChI is InChI=1S/C23H27N3O3S/c1-15-10-11-20-21(16(15)2)24-23(30-20)26(13-7-12-25(3)4)22(27)19-14-28-17-8-5-6-9-18(17)29-19/h5-6,8-11,19H,7,12-14H2,1-4H3. The van der Waals surface area contributed by atoms with E-state index >= 15 is 0 Å². The number of amides is 1. The second-order valence-corrected chi connectivity index (χ2v) is 8.87. The number of aromatic nitrogens is 1. The van der Waals surface area contributed by atoms with Crippen LogP contribution in [0.3, 0.4) is 0 Å². The van der Waals surface area contributed by atoms with E-state index in [1.165, 1.54) is 5.56 Å². The highest BCUT2D eigenvalue weighted by Crippen LogP contribution is 2.34. The summed E-state index contributed by atoms with van der Waals surface area (Å²) < 4.78 is 12.9. The van der Waals surface area contributed by atoms with Crippen molar-refractivity contribution in [2.45, 2.75) is 26.4 Å². The first kappa shape index (κ1) is 20.6. The molecule has 0 spiro atoms. The Hall–Kier alpha value is -2.64. The summed E-state index contributed by atoms with van der Waals surface area (Å²) in [6.45, 7) is 5.82. The van der Waals surface area contributed by atoms with Crippen LogP contribution < -0.4 is 14.4 Å². The lowest BCUT2D eigenvalue weighted by atomic mass is 10.1. The van der Waals surface area contributed by atoms with E-state index in [2.05, 4.69) is 30.9 Å². The lowest BCUT2D eigenvalue weighted by molar-refractivity contribution is -0.127. The molecule has 4 rings (SSSR count). The molecular weight excluding hydrogens is 398 g/mol. The second-order valence-electron chi connectivity index (χ2n) is 7.86. The number of para-hydroxylation sites is 2. The molecule has 1 aliphatic rings. The molecule has 158 valence electrons. The van der Waals surface area contributed by atoms with Gasteiger partial charge in [-0.15, -0.1) is 0 Å². The zero-order valence-electron chi connectivity index (χ0n) is 17.8. The van der Waals surface area contributed by atoms with Gasteiger partial charge in [-0.3, -0.25) is 9.69 Å². The van der Waals surface area contributed by atoms with Crippen LogP contribution in [0, 0.1) is 13.8 Å². The number of benzene rings is 2. The fourth-order valence-electron chi connectivity index (χ4n) is 3.49. The molecule has 1 aromatic heterocycles. The van der Waals surface area contributed by atoms with Crippen molar-refractivity contribution >= 4 is 32.6 Å². The van der Waals surface area contributed by atoms with Gasteiger partial charge in [0.15, 0.2) is 16.6 Å². The zero-order valence-corrected chi connectivity index (χ0v) is 18.7. The minimum atomic E-state index is -0.686. The van der Waals surface area contributed by atoms with Gasteiger partial charge < -0.3 is 14.4 Å². The third-order valence-electron chi connectivity index (χ3n) is 5.34. The minimum Gasteiger partial charge on any atom is -0.485 e. The summed E-state index contributed by atoms with van der Waals surface area (Å²) in [6.07, 6.45) is 0.158. The molecule has 0 saturated heterocycles. The number of nitrogens with zero attached hydrogens (tertiary/aromatic N) is 3. The molecule has 1 atom stereocenters. The molecule has 1 amide bonds. The van der Waals surface area contributed by atoms with Crippen LogP contribution in [0.25, 0.3) is 10.2 Å². The molecule has 30 heavy (non-hydrogen) atoms. The topological polar surface area (TPSA) is 54.9 Å². The van der Waals surface area contributed by atoms with Crippen LogP contribution in [0.5, 0.6) is 11.5 Å². The van der Waals surface area contributed by atoms with E-state index in [1.54, 1.807) is 16.2 Å². The van der Waals surface area contributed by atoms with Gasteiger partial charge in [0, 0.05) is 6.54 Å². The monoisotopic (exact) mass is 425 g/mol. The Morgan fingerprint density at radius 3 is 2.67 bits per heavy atom. The van der Waals surface area contributed by atoms with Gasteiger partial charge in [-0.25, -0.2) is 4.98 Å². The Balaban J connectivity index is 1.63. The number of hydrogen-bond acceptors (Lipinski definition) is 6. The molecule has 7 heteroatoms. The first-order chi connectivity index (χ1) is 14.4. The van der Waals surface area contributed by atoms with E-state index in [1.807, 2.05) is 38.4 Å². The Morgan fingerprint density at radius 2 is 1.90 bits per heavy atom. The van der Waals surface area contributed by atoms with Crippen molar-refractivity contribution in [3.05, 3.63) is 47.5 Å². The Kier molecular flexibility index (Phi) is 5.92. The maximum Gasteiger partial charge on any atom is 0.273 e. The summed E-state index contributed by atoms with van der Waals surface area (Å²) in [5.74, 6) is 1.16. The van der Waals surface area contributed by atoms with Gasteiger partial charge in [-0.1, -0.05) is 29.5 Å². The average molecular weight is 426 g/mol. The van der Waals surface area contributed by atoms with Gasteiger partial charge in [0.25, 0.3) is 5.91 Å². The summed E-state index contributed by atoms with van der Waals surface area (Å²) in [7, 11) is 4.07. The number of ether oxygens (including phenoxy) is 2. The lowest BCUT2D eigenvalue weighted by Crippen LogP contribution is -2.47. The molecule has 1 unspecified atom stereocenters. The number of rotatable bonds is 6. The molecular formula is C23H27N3O3S. The zero-order chi connectivity index (χ0) is 21.3. The van der Waals surface area contributed by atoms with E-state index in [9.17, 15) is 4.79 Å². The Morgan fingerprint density at radius 1 is 1.13 bits per heavy atom. The van der Waals surface area contributed by atoms with E-state index in [4.69, 9.17) is 14.5 Å². The van der Waals surface area contributed by atoms with Crippen LogP contribution in [-0.4, -0.2) is 55.7 Å². The fraction of sp³-hybridized carbons (Fsp3) is 0.391. The maximum atomic E-state index is 13.5. The first-order valence-corrected chi connectivity index (χ1v) is 11.0. The van der Waals surface area contributed by atoms with E-state index in [0.717, 1.165) is 28.7 Å². The smallest absolute Gasteiger partial charge is 0.273 e. The van der Waals surface area contributed by atoms with Crippen molar-refractivity contribution in [2.24, 2.45) is 0 Å². The summed E-state index contributed by atoms with van der Waals surface area (Å²) in [5.41, 5.74) is 3.32. The molecule has 0 radical (unpaired) electrons. The molecule has 0 aliphatic carbocycles. The molecule has 6 nitrogen and oxygen atoms in total. The van der Waals surface area contributed by atoms with E-state index < -0.39 is 6.10 Å². The number of aryl methyl sites for hydroxylation is 2. The Bertz CT molecular complexity index is 1060. The van der Waals surface area contributed by atoms with Crippen molar-refractivity contribution < 1.29 is 14.3 Å². The number of fused-ring (bicyclic) bond motifs is 2. The van der Waals surface area contributed by atoms with Crippen LogP contribution >= 0.6 is 11.3 Å². The summed E-state index contributed by atoms with van der Waals surface area (Å²) in [4.78, 5) is 22.2. The van der Waals surface area contributed by atoms with Crippen LogP contribution in [0.4, 0.5) is 5.13 Å². The number of anilines is 1. The van der Waals surface area contributed by atoms with E-state index in [0.29, 0.717) is 23.2 Å². The molecule has 2 aromatic carbocycles. The molecule has 0 saturated carbocycles. The molecule has 2 heterocycles. The summed E-state index contributed by atoms with van der Waals surface area (Å²) in [5, 5.41) is 0.713. The van der Waals surface area contributed by atoms with Gasteiger partial charge in [0.2, 0.25) is 6.10 Å². The van der Waals surface area contributed by atoms with Crippen LogP contribution in [-0.2, 0) is 4.79 Å². The van der Waals surface area contributed by atoms with Gasteiger partial charge in [0.05, 0.1) is 10.2 Å². The van der Waals surface area contributed by atoms with Gasteiger partial charge in [0.1, 0.15) is 6.61 Å². The highest BCUT2D eigenvalue weighted by molar-refractivity contribution is 7.22. The van der Waals surface area contributed by atoms with E-state index in [-0.39, 0.29) is 12.5 Å². The van der Waals surface area contributed by atoms with Crippen LogP contribution in [0.1, 0.15) is 17.5 Å². The molecule has 0 bridgehead atoms. The number of thiazole rings is 1. The number of hydrogen-bond donors (Lipinski definition) is 0. The van der Waals surface area contributed by atoms with Crippen molar-refractivity contribution in [3.63, 3.8) is 0 Å². The molecule has 0 fully saturated rings. The highest BCUT2D eigenvalue weighted by atomic mass is 32.1. The van der Waals surface area contributed by atoms with Gasteiger partial charge in [-0.05, 0) is 70.2 Å². The normalized spacial score (nSPS) is 15.6. The second kappa shape index (κ2) is 8.62. The first-order valence-electron chi connectivity index (χ1n) is 10.2. The largest absolute Gasteiger partial charge is 0.485 e. The highest BCUT2D eigenvalue weighted by Gasteiger charge is 2.33. The van der Waals surface area contributed by atoms with Crippen molar-refractivity contribution in [1.82, 2.24) is 9.88 Å². The quantitative estimate of drug-likeness (QED) is 0.597. The summed E-state index contributed by atoms with van der Waals surface area (Å²) in [6, 6.07) is 11.6. The van der Waals surface area contributed by atoms with Crippen LogP contribution in [0.15, 0.2) is 36.4 Å². The molecule has 3 aromatic rings. The van der Waals surface area contributed by atoms with Crippen molar-refractivity contribution in [1.29, 1.82) is 0 Å². The average Bonchev–Trinajstić information content (AvgIpc) is 3.17. The third kappa shape index (κ3) is 4.13. The maximum absolute atomic E-state index is 13.5. The van der Waals surface area contributed by atoms with Crippen LogP contribution in [0.2, 0.25) is 0 Å². The SMILES string of the molecule is Cc1ccc2sc(N(CCCN(C)C)C(=O)C3COc4ccccc4O3)nc2c1C. The number of carbonyl (C=O) groups is 1. The number of carbonyl (C=O) groups excluding carboxylic acids is 1. The molecule has 0 N–H and O–H groups in total. The predicted octanol–water partition coefficient (Wildman–Crippen LogP) is 4.04. The van der Waals surface area contributed by atoms with Gasteiger partial charge in [-0.2, -0.15) is 0 Å².